The number of carbonyl (C=O) groups excluding carboxylic acids is 1. The van der Waals surface area contributed by atoms with Gasteiger partial charge in [-0.25, -0.2) is 0 Å². The number of halogens is 1. The van der Waals surface area contributed by atoms with E-state index in [4.69, 9.17) is 17.3 Å². The molecular formula is C15H21ClN2O. The highest BCUT2D eigenvalue weighted by atomic mass is 35.5. The number of rotatable bonds is 3. The van der Waals surface area contributed by atoms with E-state index < -0.39 is 5.54 Å². The number of fused-ring (bicyclic) bond motifs is 1. The number of hydrogen-bond donors (Lipinski definition) is 1. The highest BCUT2D eigenvalue weighted by molar-refractivity contribution is 6.31. The Hall–Kier alpha value is -1.06. The van der Waals surface area contributed by atoms with Crippen LogP contribution in [0.15, 0.2) is 18.2 Å². The van der Waals surface area contributed by atoms with E-state index in [2.05, 4.69) is 0 Å². The highest BCUT2D eigenvalue weighted by Crippen LogP contribution is 2.27. The van der Waals surface area contributed by atoms with Gasteiger partial charge in [0.2, 0.25) is 5.91 Å². The third-order valence-electron chi connectivity index (χ3n) is 3.75. The van der Waals surface area contributed by atoms with Gasteiger partial charge in [0.25, 0.3) is 0 Å². The number of benzene rings is 1. The molecule has 0 spiro atoms. The summed E-state index contributed by atoms with van der Waals surface area (Å²) in [6.45, 7) is 5.19. The summed E-state index contributed by atoms with van der Waals surface area (Å²) in [5, 5.41) is 0.800. The summed E-state index contributed by atoms with van der Waals surface area (Å²) >= 11 is 6.18. The second kappa shape index (κ2) is 5.51. The number of amides is 1. The Kier molecular flexibility index (Phi) is 4.16. The molecule has 1 unspecified atom stereocenters. The second-order valence-electron chi connectivity index (χ2n) is 5.52. The van der Waals surface area contributed by atoms with Gasteiger partial charge in [-0.3, -0.25) is 4.79 Å². The summed E-state index contributed by atoms with van der Waals surface area (Å²) in [5.74, 6) is 0.0416. The summed E-state index contributed by atoms with van der Waals surface area (Å²) in [5.41, 5.74) is 7.68. The molecule has 2 rings (SSSR count). The van der Waals surface area contributed by atoms with Crippen LogP contribution in [-0.2, 0) is 17.8 Å². The summed E-state index contributed by atoms with van der Waals surface area (Å²) < 4.78 is 0. The first-order chi connectivity index (χ1) is 8.95. The highest BCUT2D eigenvalue weighted by Gasteiger charge is 2.33. The Bertz CT molecular complexity index is 485. The van der Waals surface area contributed by atoms with Crippen molar-refractivity contribution in [3.63, 3.8) is 0 Å². The number of carbonyl (C=O) groups is 1. The average Bonchev–Trinajstić information content (AvgIpc) is 2.37. The maximum Gasteiger partial charge on any atom is 0.242 e. The summed E-state index contributed by atoms with van der Waals surface area (Å²) in [6, 6.07) is 5.87. The average molecular weight is 281 g/mol. The molecule has 0 saturated heterocycles. The third kappa shape index (κ3) is 2.93. The molecule has 1 aliphatic heterocycles. The molecule has 1 amide bonds. The van der Waals surface area contributed by atoms with Gasteiger partial charge >= 0.3 is 0 Å². The molecule has 0 saturated carbocycles. The lowest BCUT2D eigenvalue weighted by Gasteiger charge is -2.35. The Labute approximate surface area is 119 Å². The predicted molar refractivity (Wildman–Crippen MR) is 78.1 cm³/mol. The van der Waals surface area contributed by atoms with Gasteiger partial charge in [0.05, 0.1) is 5.54 Å². The van der Waals surface area contributed by atoms with E-state index in [1.807, 2.05) is 36.9 Å². The minimum atomic E-state index is -0.759. The van der Waals surface area contributed by atoms with Crippen LogP contribution in [0.5, 0.6) is 0 Å². The molecule has 0 radical (unpaired) electrons. The van der Waals surface area contributed by atoms with Crippen LogP contribution in [0.4, 0.5) is 0 Å². The molecular weight excluding hydrogens is 260 g/mol. The minimum Gasteiger partial charge on any atom is -0.336 e. The van der Waals surface area contributed by atoms with Gasteiger partial charge in [-0.2, -0.15) is 0 Å². The van der Waals surface area contributed by atoms with E-state index >= 15 is 0 Å². The second-order valence-corrected chi connectivity index (χ2v) is 5.93. The van der Waals surface area contributed by atoms with E-state index in [1.54, 1.807) is 0 Å². The molecule has 4 heteroatoms. The zero-order valence-corrected chi connectivity index (χ0v) is 12.3. The zero-order chi connectivity index (χ0) is 14.0. The lowest BCUT2D eigenvalue weighted by atomic mass is 9.93. The van der Waals surface area contributed by atoms with Crippen molar-refractivity contribution < 1.29 is 4.79 Å². The van der Waals surface area contributed by atoms with E-state index in [1.165, 1.54) is 5.56 Å². The van der Waals surface area contributed by atoms with Crippen molar-refractivity contribution in [2.45, 2.75) is 45.2 Å². The number of nitrogens with two attached hydrogens (primary N) is 1. The SMILES string of the molecule is CCCC(C)(N)C(=O)N1CCc2c(Cl)cccc2C1. The fourth-order valence-electron chi connectivity index (χ4n) is 2.72. The molecule has 19 heavy (non-hydrogen) atoms. The van der Waals surface area contributed by atoms with Gasteiger partial charge in [0.1, 0.15) is 0 Å². The van der Waals surface area contributed by atoms with Crippen LogP contribution in [0.2, 0.25) is 5.02 Å². The van der Waals surface area contributed by atoms with Crippen LogP contribution in [0.1, 0.15) is 37.8 Å². The van der Waals surface area contributed by atoms with E-state index in [0.29, 0.717) is 19.5 Å². The summed E-state index contributed by atoms with van der Waals surface area (Å²) in [6.07, 6.45) is 2.43. The molecule has 104 valence electrons. The molecule has 1 heterocycles. The Morgan fingerprint density at radius 1 is 1.53 bits per heavy atom. The van der Waals surface area contributed by atoms with Crippen LogP contribution in [0, 0.1) is 0 Å². The standard InChI is InChI=1S/C15H21ClN2O/c1-3-8-15(2,17)14(19)18-9-7-12-11(10-18)5-4-6-13(12)16/h4-6H,3,7-10,17H2,1-2H3. The van der Waals surface area contributed by atoms with Crippen molar-refractivity contribution in [2.75, 3.05) is 6.54 Å². The van der Waals surface area contributed by atoms with Crippen LogP contribution in [-0.4, -0.2) is 22.9 Å². The first-order valence-corrected chi connectivity index (χ1v) is 7.18. The molecule has 0 aromatic heterocycles. The Morgan fingerprint density at radius 2 is 2.26 bits per heavy atom. The van der Waals surface area contributed by atoms with Gasteiger partial charge in [-0.05, 0) is 37.0 Å². The lowest BCUT2D eigenvalue weighted by Crippen LogP contribution is -2.54. The van der Waals surface area contributed by atoms with Gasteiger partial charge in [-0.15, -0.1) is 0 Å². The lowest BCUT2D eigenvalue weighted by molar-refractivity contribution is -0.137. The largest absolute Gasteiger partial charge is 0.336 e. The summed E-state index contributed by atoms with van der Waals surface area (Å²) in [4.78, 5) is 14.3. The van der Waals surface area contributed by atoms with Gasteiger partial charge in [-0.1, -0.05) is 37.1 Å². The van der Waals surface area contributed by atoms with Crippen LogP contribution < -0.4 is 5.73 Å². The molecule has 0 fully saturated rings. The van der Waals surface area contributed by atoms with Crippen LogP contribution >= 0.6 is 11.6 Å². The topological polar surface area (TPSA) is 46.3 Å². The maximum atomic E-state index is 12.5. The third-order valence-corrected chi connectivity index (χ3v) is 4.11. The predicted octanol–water partition coefficient (Wildman–Crippen LogP) is 2.74. The van der Waals surface area contributed by atoms with Crippen molar-refractivity contribution >= 4 is 17.5 Å². The van der Waals surface area contributed by atoms with Crippen molar-refractivity contribution in [3.8, 4) is 0 Å². The number of nitrogens with zero attached hydrogens (tertiary/aromatic N) is 1. The van der Waals surface area contributed by atoms with Crippen molar-refractivity contribution in [1.29, 1.82) is 0 Å². The molecule has 1 atom stereocenters. The zero-order valence-electron chi connectivity index (χ0n) is 11.6. The first kappa shape index (κ1) is 14.4. The molecule has 0 aliphatic carbocycles. The monoisotopic (exact) mass is 280 g/mol. The quantitative estimate of drug-likeness (QED) is 0.925. The van der Waals surface area contributed by atoms with E-state index in [0.717, 1.165) is 23.4 Å². The van der Waals surface area contributed by atoms with Crippen LogP contribution in [0.3, 0.4) is 0 Å². The molecule has 3 nitrogen and oxygen atoms in total. The normalized spacial score (nSPS) is 17.8. The van der Waals surface area contributed by atoms with Gasteiger partial charge in [0, 0.05) is 18.1 Å². The smallest absolute Gasteiger partial charge is 0.242 e. The van der Waals surface area contributed by atoms with E-state index in [9.17, 15) is 4.79 Å². The van der Waals surface area contributed by atoms with E-state index in [-0.39, 0.29) is 5.91 Å². The molecule has 0 bridgehead atoms. The fourth-order valence-corrected chi connectivity index (χ4v) is 3.01. The van der Waals surface area contributed by atoms with Crippen molar-refractivity contribution in [1.82, 2.24) is 4.90 Å². The summed E-state index contributed by atoms with van der Waals surface area (Å²) in [7, 11) is 0. The molecule has 2 N–H and O–H groups in total. The molecule has 1 aliphatic rings. The maximum absolute atomic E-state index is 12.5. The fraction of sp³-hybridized carbons (Fsp3) is 0.533. The Balaban J connectivity index is 2.16. The first-order valence-electron chi connectivity index (χ1n) is 6.80. The molecule has 1 aromatic carbocycles. The van der Waals surface area contributed by atoms with Gasteiger partial charge < -0.3 is 10.6 Å². The molecule has 1 aromatic rings. The van der Waals surface area contributed by atoms with Gasteiger partial charge in [0.15, 0.2) is 0 Å². The number of hydrogen-bond acceptors (Lipinski definition) is 2. The van der Waals surface area contributed by atoms with Crippen LogP contribution in [0.25, 0.3) is 0 Å². The minimum absolute atomic E-state index is 0.0416. The van der Waals surface area contributed by atoms with Crippen molar-refractivity contribution in [3.05, 3.63) is 34.3 Å². The van der Waals surface area contributed by atoms with Crippen molar-refractivity contribution in [2.24, 2.45) is 5.73 Å². The Morgan fingerprint density at radius 3 is 2.95 bits per heavy atom.